The van der Waals surface area contributed by atoms with E-state index < -0.39 is 5.60 Å². The highest BCUT2D eigenvalue weighted by atomic mass is 79.9. The first-order valence-electron chi connectivity index (χ1n) is 10.6. The van der Waals surface area contributed by atoms with Gasteiger partial charge in [-0.25, -0.2) is 0 Å². The fourth-order valence-corrected chi connectivity index (χ4v) is 4.31. The molecule has 0 saturated heterocycles. The van der Waals surface area contributed by atoms with E-state index in [1.165, 1.54) is 13.2 Å². The van der Waals surface area contributed by atoms with Crippen LogP contribution in [0.15, 0.2) is 50.1 Å². The number of methoxy groups -OCH3 is 1. The van der Waals surface area contributed by atoms with E-state index in [9.17, 15) is 9.59 Å². The van der Waals surface area contributed by atoms with E-state index in [0.717, 1.165) is 0 Å². The first-order chi connectivity index (χ1) is 15.6. The van der Waals surface area contributed by atoms with Gasteiger partial charge in [0.15, 0.2) is 11.0 Å². The molecular formula is C25H24BrClO6. The number of ether oxygens (including phenoxy) is 3. The Morgan fingerprint density at radius 2 is 1.88 bits per heavy atom. The zero-order valence-electron chi connectivity index (χ0n) is 18.7. The van der Waals surface area contributed by atoms with Gasteiger partial charge in [0, 0.05) is 6.07 Å². The van der Waals surface area contributed by atoms with Crippen LogP contribution in [0.25, 0.3) is 22.3 Å². The van der Waals surface area contributed by atoms with E-state index in [2.05, 4.69) is 15.9 Å². The Morgan fingerprint density at radius 3 is 2.55 bits per heavy atom. The molecule has 0 radical (unpaired) electrons. The lowest BCUT2D eigenvalue weighted by atomic mass is 9.82. The maximum atomic E-state index is 12.7. The van der Waals surface area contributed by atoms with Crippen molar-refractivity contribution in [2.75, 3.05) is 7.11 Å². The number of carbonyl (C=O) groups excluding carboxylic acids is 1. The molecule has 4 rings (SSSR count). The SMILES string of the molecule is COc1cc(Br)c(OC2CC(C(=O)OC(C)(C)C)C2)cc1-c1cc(=O)c2cccc(Cl)c2o1. The lowest BCUT2D eigenvalue weighted by molar-refractivity contribution is -0.166. The molecule has 3 aromatic rings. The molecule has 1 aliphatic carbocycles. The van der Waals surface area contributed by atoms with Gasteiger partial charge in [0.2, 0.25) is 0 Å². The van der Waals surface area contributed by atoms with Crippen LogP contribution in [0.1, 0.15) is 33.6 Å². The number of carbonyl (C=O) groups is 1. The molecule has 0 atom stereocenters. The summed E-state index contributed by atoms with van der Waals surface area (Å²) < 4.78 is 23.8. The number of fused-ring (bicyclic) bond motifs is 1. The van der Waals surface area contributed by atoms with Crippen LogP contribution in [0.5, 0.6) is 11.5 Å². The smallest absolute Gasteiger partial charge is 0.309 e. The van der Waals surface area contributed by atoms with E-state index in [0.29, 0.717) is 56.1 Å². The Kier molecular flexibility index (Phi) is 6.47. The number of halogens is 2. The summed E-state index contributed by atoms with van der Waals surface area (Å²) in [6.45, 7) is 5.56. The summed E-state index contributed by atoms with van der Waals surface area (Å²) in [6, 6.07) is 9.96. The van der Waals surface area contributed by atoms with Crippen LogP contribution in [0.2, 0.25) is 5.02 Å². The van der Waals surface area contributed by atoms with Gasteiger partial charge in [-0.3, -0.25) is 9.59 Å². The fraction of sp³-hybridized carbons (Fsp3) is 0.360. The van der Waals surface area contributed by atoms with Crippen LogP contribution in [-0.4, -0.2) is 24.8 Å². The highest BCUT2D eigenvalue weighted by Crippen LogP contribution is 2.42. The summed E-state index contributed by atoms with van der Waals surface area (Å²) >= 11 is 9.78. The van der Waals surface area contributed by atoms with Crippen molar-refractivity contribution in [1.29, 1.82) is 0 Å². The van der Waals surface area contributed by atoms with Crippen LogP contribution in [0, 0.1) is 5.92 Å². The van der Waals surface area contributed by atoms with Crippen LogP contribution in [0.4, 0.5) is 0 Å². The van der Waals surface area contributed by atoms with Crippen molar-refractivity contribution in [3.63, 3.8) is 0 Å². The summed E-state index contributed by atoms with van der Waals surface area (Å²) in [6.07, 6.45) is 1.02. The fourth-order valence-electron chi connectivity index (χ4n) is 3.68. The minimum absolute atomic E-state index is 0.127. The van der Waals surface area contributed by atoms with Crippen LogP contribution in [-0.2, 0) is 9.53 Å². The first-order valence-corrected chi connectivity index (χ1v) is 11.7. The van der Waals surface area contributed by atoms with E-state index in [1.54, 1.807) is 30.3 Å². The van der Waals surface area contributed by atoms with Gasteiger partial charge in [-0.2, -0.15) is 0 Å². The lowest BCUT2D eigenvalue weighted by Crippen LogP contribution is -2.41. The average Bonchev–Trinajstić information content (AvgIpc) is 2.70. The molecule has 1 fully saturated rings. The van der Waals surface area contributed by atoms with Gasteiger partial charge in [0.1, 0.15) is 29.0 Å². The Hall–Kier alpha value is -2.51. The third-order valence-corrected chi connectivity index (χ3v) is 6.27. The van der Waals surface area contributed by atoms with Crippen LogP contribution < -0.4 is 14.9 Å². The minimum atomic E-state index is -0.510. The van der Waals surface area contributed by atoms with Gasteiger partial charge in [-0.05, 0) is 73.8 Å². The molecule has 0 amide bonds. The van der Waals surface area contributed by atoms with Crippen molar-refractivity contribution in [3.8, 4) is 22.8 Å². The van der Waals surface area contributed by atoms with Crippen LogP contribution in [0.3, 0.4) is 0 Å². The molecule has 1 aliphatic rings. The van der Waals surface area contributed by atoms with Gasteiger partial charge in [0.05, 0.1) is 33.5 Å². The average molecular weight is 536 g/mol. The molecule has 0 aliphatic heterocycles. The molecule has 6 nitrogen and oxygen atoms in total. The zero-order valence-corrected chi connectivity index (χ0v) is 21.1. The Balaban J connectivity index is 1.61. The van der Waals surface area contributed by atoms with Crippen LogP contribution >= 0.6 is 27.5 Å². The number of para-hydroxylation sites is 1. The van der Waals surface area contributed by atoms with E-state index in [-0.39, 0.29) is 23.4 Å². The summed E-state index contributed by atoms with van der Waals surface area (Å²) in [5.74, 6) is 0.998. The molecule has 0 bridgehead atoms. The third kappa shape index (κ3) is 5.04. The molecule has 1 heterocycles. The monoisotopic (exact) mass is 534 g/mol. The van der Waals surface area contributed by atoms with E-state index in [1.807, 2.05) is 20.8 Å². The Bertz CT molecular complexity index is 1270. The quantitative estimate of drug-likeness (QED) is 0.353. The second-order valence-electron chi connectivity index (χ2n) is 9.02. The van der Waals surface area contributed by atoms with E-state index >= 15 is 0 Å². The Labute approximate surface area is 204 Å². The van der Waals surface area contributed by atoms with Crippen molar-refractivity contribution in [1.82, 2.24) is 0 Å². The first kappa shape index (κ1) is 23.6. The molecule has 8 heteroatoms. The van der Waals surface area contributed by atoms with Gasteiger partial charge in [0.25, 0.3) is 0 Å². The Morgan fingerprint density at radius 1 is 1.15 bits per heavy atom. The second kappa shape index (κ2) is 9.03. The third-order valence-electron chi connectivity index (χ3n) is 5.35. The van der Waals surface area contributed by atoms with Crippen molar-refractivity contribution in [2.24, 2.45) is 5.92 Å². The topological polar surface area (TPSA) is 75.0 Å². The number of hydrogen-bond donors (Lipinski definition) is 0. The maximum absolute atomic E-state index is 12.7. The largest absolute Gasteiger partial charge is 0.496 e. The molecular weight excluding hydrogens is 512 g/mol. The van der Waals surface area contributed by atoms with Crippen molar-refractivity contribution >= 4 is 44.5 Å². The number of rotatable bonds is 5. The summed E-state index contributed by atoms with van der Waals surface area (Å²) in [5, 5.41) is 0.753. The highest BCUT2D eigenvalue weighted by molar-refractivity contribution is 9.10. The zero-order chi connectivity index (χ0) is 23.9. The summed E-state index contributed by atoms with van der Waals surface area (Å²) in [7, 11) is 1.54. The van der Waals surface area contributed by atoms with Crippen molar-refractivity contribution < 1.29 is 23.4 Å². The number of esters is 1. The lowest BCUT2D eigenvalue weighted by Gasteiger charge is -2.35. The predicted molar refractivity (Wildman–Crippen MR) is 130 cm³/mol. The van der Waals surface area contributed by atoms with E-state index in [4.69, 9.17) is 30.2 Å². The molecule has 1 aromatic heterocycles. The van der Waals surface area contributed by atoms with Gasteiger partial charge in [-0.15, -0.1) is 0 Å². The minimum Gasteiger partial charge on any atom is -0.496 e. The second-order valence-corrected chi connectivity index (χ2v) is 10.3. The molecule has 33 heavy (non-hydrogen) atoms. The van der Waals surface area contributed by atoms with Gasteiger partial charge < -0.3 is 18.6 Å². The van der Waals surface area contributed by atoms with Crippen molar-refractivity contribution in [2.45, 2.75) is 45.3 Å². The molecule has 1 saturated carbocycles. The molecule has 0 N–H and O–H groups in total. The number of benzene rings is 2. The standard InChI is InChI=1S/C25H24BrClO6/c1-25(2,3)33-24(29)13-8-14(9-13)31-22-10-16(20(30-4)11-17(22)26)21-12-19(28)15-6-5-7-18(27)23(15)32-21/h5-7,10-14H,8-9H2,1-4H3. The molecule has 0 unspecified atom stereocenters. The normalized spacial score (nSPS) is 18.0. The number of hydrogen-bond acceptors (Lipinski definition) is 6. The van der Waals surface area contributed by atoms with Gasteiger partial charge >= 0.3 is 5.97 Å². The van der Waals surface area contributed by atoms with Gasteiger partial charge in [-0.1, -0.05) is 17.7 Å². The highest BCUT2D eigenvalue weighted by Gasteiger charge is 2.39. The molecule has 0 spiro atoms. The molecule has 174 valence electrons. The van der Waals surface area contributed by atoms with Crippen molar-refractivity contribution in [3.05, 3.63) is 56.1 Å². The maximum Gasteiger partial charge on any atom is 0.309 e. The molecule has 2 aromatic carbocycles. The summed E-state index contributed by atoms with van der Waals surface area (Å²) in [5.41, 5.74) is 0.148. The predicted octanol–water partition coefficient (Wildman–Crippen LogP) is 6.38. The summed E-state index contributed by atoms with van der Waals surface area (Å²) in [4.78, 5) is 24.9.